The molecule has 0 saturated heterocycles. The van der Waals surface area contributed by atoms with Gasteiger partial charge < -0.3 is 10.2 Å². The Hall–Kier alpha value is -1.89. The third-order valence-corrected chi connectivity index (χ3v) is 4.45. The van der Waals surface area contributed by atoms with Crippen LogP contribution in [0.3, 0.4) is 0 Å². The Kier molecular flexibility index (Phi) is 3.67. The molecule has 0 unspecified atom stereocenters. The lowest BCUT2D eigenvalue weighted by molar-refractivity contribution is 0.469. The molecule has 0 radical (unpaired) electrons. The van der Waals surface area contributed by atoms with Crippen LogP contribution in [0.2, 0.25) is 10.0 Å². The topological polar surface area (TPSA) is 78.6 Å². The lowest BCUT2D eigenvalue weighted by Gasteiger charge is -2.05. The fourth-order valence-electron chi connectivity index (χ4n) is 1.68. The minimum Gasteiger partial charge on any atom is -0.505 e. The van der Waals surface area contributed by atoms with Crippen LogP contribution in [0, 0.1) is 0 Å². The van der Waals surface area contributed by atoms with Crippen LogP contribution in [-0.4, -0.2) is 20.4 Å². The Morgan fingerprint density at radius 2 is 1.62 bits per heavy atom. The second-order valence-corrected chi connectivity index (χ2v) is 5.77. The van der Waals surface area contributed by atoms with Gasteiger partial charge in [0.05, 0.1) is 5.69 Å². The number of para-hydroxylation sites is 1. The highest BCUT2D eigenvalue weighted by molar-refractivity contribution is 7.16. The van der Waals surface area contributed by atoms with Gasteiger partial charge in [-0.15, -0.1) is 10.2 Å². The van der Waals surface area contributed by atoms with Crippen molar-refractivity contribution in [3.8, 4) is 11.5 Å². The fourth-order valence-corrected chi connectivity index (χ4v) is 2.95. The van der Waals surface area contributed by atoms with E-state index in [0.717, 1.165) is 11.3 Å². The van der Waals surface area contributed by atoms with Gasteiger partial charge in [-0.1, -0.05) is 52.7 Å². The minimum atomic E-state index is -0.315. The van der Waals surface area contributed by atoms with Crippen LogP contribution >= 0.6 is 34.5 Å². The summed E-state index contributed by atoms with van der Waals surface area (Å²) in [6.07, 6.45) is 0. The number of hydrogen-bond acceptors (Lipinski definition) is 6. The SMILES string of the molecule is Oc1c(Cl)c(Cl)c(O)c2sc(=Nc3ccccc3)nnc12. The molecule has 0 bridgehead atoms. The van der Waals surface area contributed by atoms with Crippen molar-refractivity contribution in [2.75, 3.05) is 0 Å². The number of benzene rings is 2. The van der Waals surface area contributed by atoms with E-state index >= 15 is 0 Å². The molecule has 8 heteroatoms. The Morgan fingerprint density at radius 3 is 2.33 bits per heavy atom. The van der Waals surface area contributed by atoms with E-state index in [-0.39, 0.29) is 31.8 Å². The monoisotopic (exact) mass is 339 g/mol. The Morgan fingerprint density at radius 1 is 0.952 bits per heavy atom. The van der Waals surface area contributed by atoms with E-state index < -0.39 is 0 Å². The largest absolute Gasteiger partial charge is 0.505 e. The van der Waals surface area contributed by atoms with Gasteiger partial charge in [0.2, 0.25) is 4.80 Å². The van der Waals surface area contributed by atoms with Gasteiger partial charge in [-0.3, -0.25) is 0 Å². The molecule has 0 spiro atoms. The number of rotatable bonds is 1. The van der Waals surface area contributed by atoms with Gasteiger partial charge in [0.15, 0.2) is 17.0 Å². The standard InChI is InChI=1S/C13H7Cl2N3O2S/c14-7-8(15)11(20)12-9(10(7)19)17-18-13(21-12)16-6-4-2-1-3-5-6/h1-5,19-20H. The first-order valence-corrected chi connectivity index (χ1v) is 7.31. The Labute approximate surface area is 132 Å². The van der Waals surface area contributed by atoms with Crippen molar-refractivity contribution in [2.45, 2.75) is 0 Å². The lowest BCUT2D eigenvalue weighted by Crippen LogP contribution is -2.04. The van der Waals surface area contributed by atoms with Crippen molar-refractivity contribution < 1.29 is 10.2 Å². The quantitative estimate of drug-likeness (QED) is 0.663. The molecule has 0 atom stereocenters. The summed E-state index contributed by atoms with van der Waals surface area (Å²) in [5.41, 5.74) is 0.782. The summed E-state index contributed by atoms with van der Waals surface area (Å²) in [6, 6.07) is 9.19. The average Bonchev–Trinajstić information content (AvgIpc) is 2.52. The van der Waals surface area contributed by atoms with E-state index in [9.17, 15) is 10.2 Å². The summed E-state index contributed by atoms with van der Waals surface area (Å²) < 4.78 is 0.270. The summed E-state index contributed by atoms with van der Waals surface area (Å²) in [6.45, 7) is 0. The summed E-state index contributed by atoms with van der Waals surface area (Å²) >= 11 is 12.7. The van der Waals surface area contributed by atoms with E-state index in [4.69, 9.17) is 23.2 Å². The van der Waals surface area contributed by atoms with Crippen molar-refractivity contribution >= 4 is 50.4 Å². The van der Waals surface area contributed by atoms with Crippen LogP contribution in [0.5, 0.6) is 11.5 Å². The van der Waals surface area contributed by atoms with Crippen molar-refractivity contribution in [1.29, 1.82) is 0 Å². The molecule has 0 aliphatic rings. The second-order valence-electron chi connectivity index (χ2n) is 4.03. The zero-order valence-corrected chi connectivity index (χ0v) is 12.6. The smallest absolute Gasteiger partial charge is 0.231 e. The van der Waals surface area contributed by atoms with E-state index in [1.54, 1.807) is 0 Å². The number of fused-ring (bicyclic) bond motifs is 1. The maximum absolute atomic E-state index is 10.0. The number of hydrogen-bond donors (Lipinski definition) is 2. The maximum atomic E-state index is 10.0. The molecule has 0 aliphatic carbocycles. The molecule has 5 nitrogen and oxygen atoms in total. The van der Waals surface area contributed by atoms with Crippen molar-refractivity contribution in [3.05, 3.63) is 45.2 Å². The highest BCUT2D eigenvalue weighted by Crippen LogP contribution is 2.44. The molecule has 0 saturated carbocycles. The number of halogens is 2. The third kappa shape index (κ3) is 2.53. The molecule has 2 N–H and O–H groups in total. The van der Waals surface area contributed by atoms with Crippen molar-refractivity contribution in [3.63, 3.8) is 0 Å². The fraction of sp³-hybridized carbons (Fsp3) is 0. The van der Waals surface area contributed by atoms with Crippen LogP contribution in [0.4, 0.5) is 5.69 Å². The number of phenolic OH excluding ortho intramolecular Hbond substituents is 2. The van der Waals surface area contributed by atoms with Crippen molar-refractivity contribution in [2.24, 2.45) is 4.99 Å². The molecule has 2 aromatic carbocycles. The molecule has 0 fully saturated rings. The number of aromatic nitrogens is 2. The molecule has 0 amide bonds. The average molecular weight is 340 g/mol. The second kappa shape index (κ2) is 5.48. The molecule has 3 rings (SSSR count). The Balaban J connectivity index is 2.29. The molecule has 3 aromatic rings. The molecule has 106 valence electrons. The molecule has 1 aromatic heterocycles. The van der Waals surface area contributed by atoms with Crippen molar-refractivity contribution in [1.82, 2.24) is 10.2 Å². The predicted octanol–water partition coefficient (Wildman–Crippen LogP) is 3.64. The maximum Gasteiger partial charge on any atom is 0.231 e. The van der Waals surface area contributed by atoms with Gasteiger partial charge in [0, 0.05) is 0 Å². The highest BCUT2D eigenvalue weighted by atomic mass is 35.5. The predicted molar refractivity (Wildman–Crippen MR) is 82.4 cm³/mol. The van der Waals surface area contributed by atoms with Gasteiger partial charge in [0.25, 0.3) is 0 Å². The minimum absolute atomic E-state index is 0.0823. The van der Waals surface area contributed by atoms with E-state index in [1.807, 2.05) is 30.3 Å². The number of nitrogens with zero attached hydrogens (tertiary/aromatic N) is 3. The van der Waals surface area contributed by atoms with Gasteiger partial charge >= 0.3 is 0 Å². The molecule has 1 heterocycles. The highest BCUT2D eigenvalue weighted by Gasteiger charge is 2.18. The van der Waals surface area contributed by atoms with Crippen LogP contribution in [0.15, 0.2) is 35.3 Å². The summed E-state index contributed by atoms with van der Waals surface area (Å²) in [7, 11) is 0. The molecular formula is C13H7Cl2N3O2S. The number of aromatic hydroxyl groups is 2. The van der Waals surface area contributed by atoms with Gasteiger partial charge in [-0.25, -0.2) is 4.99 Å². The zero-order chi connectivity index (χ0) is 15.0. The summed E-state index contributed by atoms with van der Waals surface area (Å²) in [5.74, 6) is -0.566. The van der Waals surface area contributed by atoms with E-state index in [2.05, 4.69) is 15.2 Å². The first kappa shape index (κ1) is 14.1. The Bertz CT molecular complexity index is 897. The van der Waals surface area contributed by atoms with Gasteiger partial charge in [-0.05, 0) is 12.1 Å². The first-order valence-electron chi connectivity index (χ1n) is 5.74. The summed E-state index contributed by atoms with van der Waals surface area (Å²) in [5, 5.41) is 27.4. The molecule has 0 aliphatic heterocycles. The van der Waals surface area contributed by atoms with Gasteiger partial charge in [0.1, 0.15) is 14.7 Å². The lowest BCUT2D eigenvalue weighted by atomic mass is 10.3. The van der Waals surface area contributed by atoms with E-state index in [1.165, 1.54) is 0 Å². The van der Waals surface area contributed by atoms with Crippen LogP contribution in [0.1, 0.15) is 0 Å². The van der Waals surface area contributed by atoms with Gasteiger partial charge in [-0.2, -0.15) is 0 Å². The number of phenols is 2. The first-order chi connectivity index (χ1) is 10.1. The van der Waals surface area contributed by atoms with Crippen LogP contribution < -0.4 is 4.80 Å². The zero-order valence-electron chi connectivity index (χ0n) is 10.3. The van der Waals surface area contributed by atoms with Crippen LogP contribution in [0.25, 0.3) is 10.2 Å². The normalized spacial score (nSPS) is 12.0. The van der Waals surface area contributed by atoms with E-state index in [0.29, 0.717) is 10.5 Å². The molecule has 21 heavy (non-hydrogen) atoms. The summed E-state index contributed by atoms with van der Waals surface area (Å²) in [4.78, 5) is 4.61. The van der Waals surface area contributed by atoms with Crippen LogP contribution in [-0.2, 0) is 0 Å². The third-order valence-electron chi connectivity index (χ3n) is 2.67. The molecular weight excluding hydrogens is 333 g/mol.